The van der Waals surface area contributed by atoms with Gasteiger partial charge in [0.15, 0.2) is 0 Å². The van der Waals surface area contributed by atoms with Crippen molar-refractivity contribution < 1.29 is 9.84 Å². The largest absolute Gasteiger partial charge is 0.390 e. The number of ether oxygens (including phenoxy) is 1. The van der Waals surface area contributed by atoms with Crippen molar-refractivity contribution in [2.24, 2.45) is 5.92 Å². The molecule has 0 bridgehead atoms. The lowest BCUT2D eigenvalue weighted by molar-refractivity contribution is -0.118. The van der Waals surface area contributed by atoms with Crippen LogP contribution in [-0.2, 0) is 4.74 Å². The van der Waals surface area contributed by atoms with Gasteiger partial charge in [0.05, 0.1) is 11.7 Å². The van der Waals surface area contributed by atoms with Crippen molar-refractivity contribution in [2.45, 2.75) is 51.7 Å². The minimum atomic E-state index is -0.451. The van der Waals surface area contributed by atoms with Gasteiger partial charge in [-0.25, -0.2) is 0 Å². The van der Waals surface area contributed by atoms with Gasteiger partial charge in [-0.3, -0.25) is 0 Å². The molecular weight excluding hydrogens is 152 g/mol. The van der Waals surface area contributed by atoms with Crippen LogP contribution in [0.25, 0.3) is 0 Å². The third kappa shape index (κ3) is 2.20. The summed E-state index contributed by atoms with van der Waals surface area (Å²) in [6.07, 6.45) is 2.71. The summed E-state index contributed by atoms with van der Waals surface area (Å²) in [5.74, 6) is 0.517. The molecule has 2 heteroatoms. The fourth-order valence-electron chi connectivity index (χ4n) is 1.69. The number of aliphatic hydroxyl groups is 1. The molecule has 2 nitrogen and oxygen atoms in total. The van der Waals surface area contributed by atoms with Gasteiger partial charge in [0.1, 0.15) is 0 Å². The summed E-state index contributed by atoms with van der Waals surface area (Å²) in [5.41, 5.74) is -0.451. The molecule has 12 heavy (non-hydrogen) atoms. The SMILES string of the molecule is CCC1(O)CCOC(C(C)C)C1. The Kier molecular flexibility index (Phi) is 3.13. The molecule has 0 saturated carbocycles. The molecule has 1 rings (SSSR count). The van der Waals surface area contributed by atoms with Crippen molar-refractivity contribution >= 4 is 0 Å². The first kappa shape index (κ1) is 10.0. The lowest BCUT2D eigenvalue weighted by Crippen LogP contribution is -2.42. The second kappa shape index (κ2) is 3.75. The van der Waals surface area contributed by atoms with E-state index in [0.29, 0.717) is 12.5 Å². The van der Waals surface area contributed by atoms with Crippen LogP contribution in [0.1, 0.15) is 40.0 Å². The maximum Gasteiger partial charge on any atom is 0.0691 e. The zero-order valence-corrected chi connectivity index (χ0v) is 8.34. The molecule has 0 spiro atoms. The standard InChI is InChI=1S/C10H20O2/c1-4-10(11)5-6-12-9(7-10)8(2)3/h8-9,11H,4-7H2,1-3H3. The van der Waals surface area contributed by atoms with Crippen molar-refractivity contribution in [3.63, 3.8) is 0 Å². The van der Waals surface area contributed by atoms with Crippen LogP contribution in [0.15, 0.2) is 0 Å². The normalized spacial score (nSPS) is 37.2. The van der Waals surface area contributed by atoms with Gasteiger partial charge in [-0.05, 0) is 18.8 Å². The van der Waals surface area contributed by atoms with Gasteiger partial charge in [-0.1, -0.05) is 20.8 Å². The maximum absolute atomic E-state index is 10.0. The van der Waals surface area contributed by atoms with Crippen molar-refractivity contribution in [3.8, 4) is 0 Å². The van der Waals surface area contributed by atoms with Gasteiger partial charge in [0.2, 0.25) is 0 Å². The smallest absolute Gasteiger partial charge is 0.0691 e. The van der Waals surface area contributed by atoms with Crippen LogP contribution >= 0.6 is 0 Å². The van der Waals surface area contributed by atoms with E-state index in [9.17, 15) is 5.11 Å². The molecule has 0 aromatic carbocycles. The van der Waals surface area contributed by atoms with E-state index in [-0.39, 0.29) is 6.10 Å². The van der Waals surface area contributed by atoms with Gasteiger partial charge < -0.3 is 9.84 Å². The molecule has 0 amide bonds. The Morgan fingerprint density at radius 1 is 1.58 bits per heavy atom. The van der Waals surface area contributed by atoms with Crippen LogP contribution in [0, 0.1) is 5.92 Å². The Morgan fingerprint density at radius 2 is 2.25 bits per heavy atom. The Hall–Kier alpha value is -0.0800. The molecule has 2 unspecified atom stereocenters. The monoisotopic (exact) mass is 172 g/mol. The topological polar surface area (TPSA) is 29.5 Å². The van der Waals surface area contributed by atoms with Crippen molar-refractivity contribution in [2.75, 3.05) is 6.61 Å². The van der Waals surface area contributed by atoms with Crippen molar-refractivity contribution in [1.29, 1.82) is 0 Å². The summed E-state index contributed by atoms with van der Waals surface area (Å²) in [6, 6.07) is 0. The molecule has 0 aromatic heterocycles. The number of rotatable bonds is 2. The zero-order valence-electron chi connectivity index (χ0n) is 8.34. The Balaban J connectivity index is 2.51. The van der Waals surface area contributed by atoms with Crippen LogP contribution in [0.3, 0.4) is 0 Å². The van der Waals surface area contributed by atoms with Crippen LogP contribution < -0.4 is 0 Å². The summed E-state index contributed by atoms with van der Waals surface area (Å²) in [6.45, 7) is 7.05. The summed E-state index contributed by atoms with van der Waals surface area (Å²) in [7, 11) is 0. The Bertz CT molecular complexity index is 145. The van der Waals surface area contributed by atoms with E-state index in [0.717, 1.165) is 19.3 Å². The summed E-state index contributed by atoms with van der Waals surface area (Å²) >= 11 is 0. The molecule has 2 atom stereocenters. The lowest BCUT2D eigenvalue weighted by atomic mass is 9.84. The van der Waals surface area contributed by atoms with Gasteiger partial charge in [0.25, 0.3) is 0 Å². The summed E-state index contributed by atoms with van der Waals surface area (Å²) in [5, 5.41) is 10.0. The molecule has 1 aliphatic rings. The quantitative estimate of drug-likeness (QED) is 0.690. The highest BCUT2D eigenvalue weighted by molar-refractivity contribution is 4.85. The van der Waals surface area contributed by atoms with E-state index in [1.165, 1.54) is 0 Å². The summed E-state index contributed by atoms with van der Waals surface area (Å²) < 4.78 is 5.58. The fraction of sp³-hybridized carbons (Fsp3) is 1.00. The lowest BCUT2D eigenvalue weighted by Gasteiger charge is -2.37. The Labute approximate surface area is 74.9 Å². The third-order valence-electron chi connectivity index (χ3n) is 2.88. The van der Waals surface area contributed by atoms with Crippen LogP contribution in [0.4, 0.5) is 0 Å². The number of hydrogen-bond donors (Lipinski definition) is 1. The van der Waals surface area contributed by atoms with E-state index in [2.05, 4.69) is 13.8 Å². The highest BCUT2D eigenvalue weighted by Crippen LogP contribution is 2.30. The third-order valence-corrected chi connectivity index (χ3v) is 2.88. The predicted molar refractivity (Wildman–Crippen MR) is 49.1 cm³/mol. The molecule has 0 aromatic rings. The van der Waals surface area contributed by atoms with E-state index >= 15 is 0 Å². The minimum Gasteiger partial charge on any atom is -0.390 e. The van der Waals surface area contributed by atoms with Gasteiger partial charge in [-0.2, -0.15) is 0 Å². The molecule has 1 heterocycles. The molecule has 1 N–H and O–H groups in total. The first-order valence-electron chi connectivity index (χ1n) is 4.91. The van der Waals surface area contributed by atoms with Gasteiger partial charge in [-0.15, -0.1) is 0 Å². The van der Waals surface area contributed by atoms with Crippen molar-refractivity contribution in [3.05, 3.63) is 0 Å². The molecular formula is C10H20O2. The first-order valence-corrected chi connectivity index (χ1v) is 4.91. The van der Waals surface area contributed by atoms with Crippen molar-refractivity contribution in [1.82, 2.24) is 0 Å². The maximum atomic E-state index is 10.0. The second-order valence-electron chi connectivity index (χ2n) is 4.19. The van der Waals surface area contributed by atoms with Gasteiger partial charge >= 0.3 is 0 Å². The van der Waals surface area contributed by atoms with Crippen LogP contribution in [0.2, 0.25) is 0 Å². The molecule has 0 radical (unpaired) electrons. The molecule has 0 aliphatic carbocycles. The first-order chi connectivity index (χ1) is 5.57. The number of hydrogen-bond acceptors (Lipinski definition) is 2. The molecule has 1 fully saturated rings. The van der Waals surface area contributed by atoms with E-state index in [4.69, 9.17) is 4.74 Å². The Morgan fingerprint density at radius 3 is 2.75 bits per heavy atom. The fourth-order valence-corrected chi connectivity index (χ4v) is 1.69. The zero-order chi connectivity index (χ0) is 9.19. The second-order valence-corrected chi connectivity index (χ2v) is 4.19. The molecule has 1 aliphatic heterocycles. The van der Waals surface area contributed by atoms with Gasteiger partial charge in [0, 0.05) is 13.0 Å². The molecule has 72 valence electrons. The average molecular weight is 172 g/mol. The van der Waals surface area contributed by atoms with Crippen LogP contribution in [0.5, 0.6) is 0 Å². The average Bonchev–Trinajstić information content (AvgIpc) is 2.05. The van der Waals surface area contributed by atoms with E-state index in [1.807, 2.05) is 6.92 Å². The summed E-state index contributed by atoms with van der Waals surface area (Å²) in [4.78, 5) is 0. The van der Waals surface area contributed by atoms with E-state index in [1.54, 1.807) is 0 Å². The highest BCUT2D eigenvalue weighted by Gasteiger charge is 2.34. The van der Waals surface area contributed by atoms with E-state index < -0.39 is 5.60 Å². The highest BCUT2D eigenvalue weighted by atomic mass is 16.5. The minimum absolute atomic E-state index is 0.253. The predicted octanol–water partition coefficient (Wildman–Crippen LogP) is 1.96. The van der Waals surface area contributed by atoms with Crippen LogP contribution in [-0.4, -0.2) is 23.4 Å². The molecule has 1 saturated heterocycles.